The zero-order valence-corrected chi connectivity index (χ0v) is 19.9. The van der Waals surface area contributed by atoms with Gasteiger partial charge in [-0.3, -0.25) is 9.29 Å². The van der Waals surface area contributed by atoms with Gasteiger partial charge in [0, 0.05) is 19.3 Å². The molecule has 198 valence electrons. The van der Waals surface area contributed by atoms with E-state index in [9.17, 15) is 34.8 Å². The van der Waals surface area contributed by atoms with Gasteiger partial charge in [-0.15, -0.1) is 20.4 Å². The summed E-state index contributed by atoms with van der Waals surface area (Å²) in [5.74, 6) is -1.92. The van der Waals surface area contributed by atoms with E-state index in [1.54, 1.807) is 42.3 Å². The van der Waals surface area contributed by atoms with Crippen molar-refractivity contribution in [3.8, 4) is 0 Å². The summed E-state index contributed by atoms with van der Waals surface area (Å²) in [4.78, 5) is 1.73. The van der Waals surface area contributed by atoms with Crippen LogP contribution in [0.1, 0.15) is 23.4 Å². The number of aryl methyl sites for hydroxylation is 1. The third-order valence-corrected chi connectivity index (χ3v) is 6.61. The molecule has 1 aromatic heterocycles. The molecule has 16 heteroatoms. The molecule has 2 heterocycles. The van der Waals surface area contributed by atoms with E-state index in [-0.39, 0.29) is 12.2 Å². The fraction of sp³-hybridized carbons (Fsp3) is 0.333. The molecule has 0 unspecified atom stereocenters. The molecule has 0 bridgehead atoms. The number of aromatic nitrogens is 3. The molecule has 0 saturated heterocycles. The molecule has 1 aliphatic rings. The highest BCUT2D eigenvalue weighted by Crippen LogP contribution is 2.39. The van der Waals surface area contributed by atoms with E-state index in [4.69, 9.17) is 0 Å². The zero-order valence-electron chi connectivity index (χ0n) is 19.0. The van der Waals surface area contributed by atoms with Crippen LogP contribution in [-0.2, 0) is 29.2 Å². The summed E-state index contributed by atoms with van der Waals surface area (Å²) in [6, 6.07) is 10.6. The van der Waals surface area contributed by atoms with Crippen LogP contribution < -0.4 is 9.62 Å². The van der Waals surface area contributed by atoms with E-state index >= 15 is 0 Å². The lowest BCUT2D eigenvalue weighted by atomic mass is 10.0. The van der Waals surface area contributed by atoms with Gasteiger partial charge in [0.2, 0.25) is 5.82 Å². The standard InChI is InChI=1S/C21H19F6N7O2S/c1-33-9-5-8-14-10-15(16(11-17(14)33)32-37(35,36)21(25,26)27)28-30-19-31-29-18(20(22,23)24)34(19)12-13-6-3-2-4-7-13/h2-4,6-7,10-11,32H,5,8-9,12H2,1H3. The second-order valence-electron chi connectivity index (χ2n) is 8.17. The number of alkyl halides is 6. The van der Waals surface area contributed by atoms with Crippen molar-refractivity contribution >= 4 is 33.0 Å². The molecular weight excluding hydrogens is 528 g/mol. The van der Waals surface area contributed by atoms with E-state index in [1.807, 2.05) is 0 Å². The molecule has 0 radical (unpaired) electrons. The monoisotopic (exact) mass is 547 g/mol. The number of hydrogen-bond acceptors (Lipinski definition) is 7. The van der Waals surface area contributed by atoms with E-state index < -0.39 is 39.2 Å². The topological polar surface area (TPSA) is 105 Å². The zero-order chi connectivity index (χ0) is 27.0. The van der Waals surface area contributed by atoms with E-state index in [2.05, 4.69) is 20.4 Å². The highest BCUT2D eigenvalue weighted by atomic mass is 32.2. The van der Waals surface area contributed by atoms with E-state index in [0.29, 0.717) is 40.8 Å². The lowest BCUT2D eigenvalue weighted by molar-refractivity contribution is -0.147. The van der Waals surface area contributed by atoms with Crippen molar-refractivity contribution in [2.45, 2.75) is 31.1 Å². The van der Waals surface area contributed by atoms with Crippen molar-refractivity contribution in [1.29, 1.82) is 0 Å². The second-order valence-corrected chi connectivity index (χ2v) is 9.84. The molecule has 3 aromatic rings. The van der Waals surface area contributed by atoms with Gasteiger partial charge in [0.05, 0.1) is 12.2 Å². The molecule has 0 saturated carbocycles. The number of anilines is 2. The Morgan fingerprint density at radius 1 is 1.03 bits per heavy atom. The molecule has 0 amide bonds. The summed E-state index contributed by atoms with van der Waals surface area (Å²) in [6.45, 7) is 0.266. The molecule has 1 N–H and O–H groups in total. The molecule has 2 aromatic carbocycles. The number of nitrogens with one attached hydrogen (secondary N) is 1. The SMILES string of the molecule is CN1CCCc2cc(N=Nc3nnc(C(F)(F)F)n3Cc3ccccc3)c(NS(=O)(=O)C(F)(F)F)cc21. The van der Waals surface area contributed by atoms with Gasteiger partial charge in [-0.25, -0.2) is 0 Å². The molecule has 0 atom stereocenters. The lowest BCUT2D eigenvalue weighted by Crippen LogP contribution is -2.30. The summed E-state index contributed by atoms with van der Waals surface area (Å²) >= 11 is 0. The number of azo groups is 1. The predicted octanol–water partition coefficient (Wildman–Crippen LogP) is 5.40. The summed E-state index contributed by atoms with van der Waals surface area (Å²) in [6.07, 6.45) is -3.63. The first-order valence-electron chi connectivity index (χ1n) is 10.7. The Balaban J connectivity index is 1.79. The molecule has 37 heavy (non-hydrogen) atoms. The van der Waals surface area contributed by atoms with Gasteiger partial charge >= 0.3 is 21.7 Å². The number of benzene rings is 2. The Morgan fingerprint density at radius 2 is 1.73 bits per heavy atom. The summed E-state index contributed by atoms with van der Waals surface area (Å²) < 4.78 is 105. The summed E-state index contributed by atoms with van der Waals surface area (Å²) in [5.41, 5.74) is -4.88. The molecular formula is C21H19F6N7O2S. The Morgan fingerprint density at radius 3 is 2.38 bits per heavy atom. The average Bonchev–Trinajstić information content (AvgIpc) is 3.21. The highest BCUT2D eigenvalue weighted by molar-refractivity contribution is 7.93. The van der Waals surface area contributed by atoms with Gasteiger partial charge in [-0.1, -0.05) is 30.3 Å². The Kier molecular flexibility index (Phi) is 6.87. The lowest BCUT2D eigenvalue weighted by Gasteiger charge is -2.28. The third-order valence-electron chi connectivity index (χ3n) is 5.51. The fourth-order valence-corrected chi connectivity index (χ4v) is 4.33. The minimum atomic E-state index is -5.82. The maximum Gasteiger partial charge on any atom is 0.516 e. The van der Waals surface area contributed by atoms with Crippen molar-refractivity contribution < 1.29 is 34.8 Å². The first kappa shape index (κ1) is 26.4. The quantitative estimate of drug-likeness (QED) is 0.329. The summed E-state index contributed by atoms with van der Waals surface area (Å²) in [7, 11) is -4.13. The van der Waals surface area contributed by atoms with Crippen LogP contribution in [0.25, 0.3) is 0 Å². The molecule has 1 aliphatic heterocycles. The number of hydrogen-bond donors (Lipinski definition) is 1. The van der Waals surface area contributed by atoms with Crippen LogP contribution in [-0.4, -0.2) is 42.3 Å². The molecule has 0 fully saturated rings. The van der Waals surface area contributed by atoms with E-state index in [0.717, 1.165) is 0 Å². The normalized spacial score (nSPS) is 14.7. The minimum absolute atomic E-state index is 0.320. The van der Waals surface area contributed by atoms with Crippen LogP contribution in [0.3, 0.4) is 0 Å². The number of fused-ring (bicyclic) bond motifs is 1. The second kappa shape index (κ2) is 9.64. The van der Waals surface area contributed by atoms with Gasteiger partial charge in [-0.2, -0.15) is 34.8 Å². The molecule has 9 nitrogen and oxygen atoms in total. The minimum Gasteiger partial charge on any atom is -0.374 e. The van der Waals surface area contributed by atoms with Crippen LogP contribution >= 0.6 is 0 Å². The third kappa shape index (κ3) is 5.68. The predicted molar refractivity (Wildman–Crippen MR) is 121 cm³/mol. The number of halogens is 6. The van der Waals surface area contributed by atoms with Crippen LogP contribution in [0.2, 0.25) is 0 Å². The van der Waals surface area contributed by atoms with Crippen LogP contribution in [0.15, 0.2) is 52.7 Å². The van der Waals surface area contributed by atoms with Crippen molar-refractivity contribution in [2.75, 3.05) is 23.2 Å². The number of sulfonamides is 1. The van der Waals surface area contributed by atoms with Gasteiger partial charge in [0.1, 0.15) is 5.69 Å². The van der Waals surface area contributed by atoms with Crippen molar-refractivity contribution in [1.82, 2.24) is 14.8 Å². The first-order chi connectivity index (χ1) is 17.3. The maximum absolute atomic E-state index is 13.5. The van der Waals surface area contributed by atoms with Crippen LogP contribution in [0.5, 0.6) is 0 Å². The smallest absolute Gasteiger partial charge is 0.374 e. The first-order valence-corrected chi connectivity index (χ1v) is 12.2. The van der Waals surface area contributed by atoms with Gasteiger partial charge < -0.3 is 4.90 Å². The Bertz CT molecular complexity index is 1420. The number of rotatable bonds is 6. The van der Waals surface area contributed by atoms with Crippen molar-refractivity contribution in [3.05, 3.63) is 59.4 Å². The summed E-state index contributed by atoms with van der Waals surface area (Å²) in [5, 5.41) is 14.1. The Labute approximate surface area is 206 Å². The average molecular weight is 547 g/mol. The van der Waals surface area contributed by atoms with Gasteiger partial charge in [0.15, 0.2) is 0 Å². The maximum atomic E-state index is 13.5. The highest BCUT2D eigenvalue weighted by Gasteiger charge is 2.46. The molecule has 0 spiro atoms. The van der Waals surface area contributed by atoms with Crippen LogP contribution in [0.4, 0.5) is 49.4 Å². The fourth-order valence-electron chi connectivity index (χ4n) is 3.76. The molecule has 4 rings (SSSR count). The van der Waals surface area contributed by atoms with Gasteiger partial charge in [0.25, 0.3) is 5.95 Å². The largest absolute Gasteiger partial charge is 0.516 e. The van der Waals surface area contributed by atoms with Crippen molar-refractivity contribution in [3.63, 3.8) is 0 Å². The van der Waals surface area contributed by atoms with Crippen LogP contribution in [0, 0.1) is 0 Å². The number of nitrogens with zero attached hydrogens (tertiary/aromatic N) is 6. The van der Waals surface area contributed by atoms with E-state index in [1.165, 1.54) is 16.9 Å². The van der Waals surface area contributed by atoms with Crippen molar-refractivity contribution in [2.24, 2.45) is 10.2 Å². The van der Waals surface area contributed by atoms with Gasteiger partial charge in [-0.05, 0) is 36.1 Å². The Hall–Kier alpha value is -3.69. The molecule has 0 aliphatic carbocycles.